The van der Waals surface area contributed by atoms with Crippen LogP contribution in [-0.4, -0.2) is 64.9 Å². The lowest BCUT2D eigenvalue weighted by atomic mass is 9.92. The highest BCUT2D eigenvalue weighted by Gasteiger charge is 2.50. The molecule has 0 aromatic carbocycles. The Labute approximate surface area is 97.1 Å². The highest BCUT2D eigenvalue weighted by atomic mass is 79.9. The topological polar surface area (TPSA) is 70.0 Å². The fraction of sp³-hybridized carbons (Fsp3) is 0.889. The lowest BCUT2D eigenvalue weighted by Crippen LogP contribution is -2.70. The van der Waals surface area contributed by atoms with E-state index in [9.17, 15) is 9.90 Å². The maximum atomic E-state index is 11.5. The van der Waals surface area contributed by atoms with Crippen LogP contribution >= 0.6 is 15.9 Å². The second kappa shape index (κ2) is 5.79. The molecule has 2 N–H and O–H groups in total. The number of likely N-dealkylation sites (tertiary alicyclic amines) is 1. The zero-order valence-electron chi connectivity index (χ0n) is 8.60. The van der Waals surface area contributed by atoms with Gasteiger partial charge in [0.15, 0.2) is 6.10 Å². The molecule has 1 rings (SSSR count). The summed E-state index contributed by atoms with van der Waals surface area (Å²) in [5.74, 6) is -0.115. The Balaban J connectivity index is 2.57. The van der Waals surface area contributed by atoms with E-state index in [0.717, 1.165) is 11.8 Å². The Morgan fingerprint density at radius 1 is 1.67 bits per heavy atom. The molecule has 0 saturated carbocycles. The van der Waals surface area contributed by atoms with Crippen molar-refractivity contribution in [2.45, 2.75) is 24.7 Å². The Bertz CT molecular complexity index is 226. The number of β-lactam (4-membered cyclic amide) rings is 1. The standard InChI is InChI=1S/C9H16BrNO4/c1-15-8-7(6(13)5-12)11(9(8)14)4-2-3-10/h6-8,12-13H,2-5H2,1H3/t6-,7+,8-/m1/s1. The summed E-state index contributed by atoms with van der Waals surface area (Å²) < 4.78 is 4.97. The molecular formula is C9H16BrNO4. The fourth-order valence-electron chi connectivity index (χ4n) is 1.78. The van der Waals surface area contributed by atoms with Crippen molar-refractivity contribution in [1.82, 2.24) is 4.90 Å². The smallest absolute Gasteiger partial charge is 0.254 e. The molecule has 88 valence electrons. The van der Waals surface area contributed by atoms with Crippen LogP contribution in [0.4, 0.5) is 0 Å². The highest BCUT2D eigenvalue weighted by Crippen LogP contribution is 2.25. The molecule has 3 atom stereocenters. The molecule has 15 heavy (non-hydrogen) atoms. The SMILES string of the molecule is CO[C@H]1C(=O)N(CCCBr)[C@H]1[C@H](O)CO. The Morgan fingerprint density at radius 3 is 2.80 bits per heavy atom. The van der Waals surface area contributed by atoms with Gasteiger partial charge < -0.3 is 19.8 Å². The van der Waals surface area contributed by atoms with Gasteiger partial charge in [-0.25, -0.2) is 0 Å². The van der Waals surface area contributed by atoms with Gasteiger partial charge in [-0.1, -0.05) is 15.9 Å². The van der Waals surface area contributed by atoms with E-state index in [-0.39, 0.29) is 12.5 Å². The quantitative estimate of drug-likeness (QED) is 0.502. The van der Waals surface area contributed by atoms with E-state index in [0.29, 0.717) is 6.54 Å². The number of methoxy groups -OCH3 is 1. The van der Waals surface area contributed by atoms with Crippen LogP contribution in [-0.2, 0) is 9.53 Å². The van der Waals surface area contributed by atoms with Crippen LogP contribution in [0.1, 0.15) is 6.42 Å². The minimum absolute atomic E-state index is 0.115. The van der Waals surface area contributed by atoms with E-state index in [1.54, 1.807) is 4.90 Å². The number of carbonyl (C=O) groups excluding carboxylic acids is 1. The summed E-state index contributed by atoms with van der Waals surface area (Å²) in [7, 11) is 1.43. The number of aliphatic hydroxyl groups is 2. The second-order valence-electron chi connectivity index (χ2n) is 3.47. The number of amides is 1. The number of rotatable bonds is 6. The number of carbonyl (C=O) groups is 1. The van der Waals surface area contributed by atoms with Crippen molar-refractivity contribution in [2.24, 2.45) is 0 Å². The van der Waals surface area contributed by atoms with Crippen molar-refractivity contribution in [3.63, 3.8) is 0 Å². The summed E-state index contributed by atoms with van der Waals surface area (Å²) >= 11 is 3.28. The summed E-state index contributed by atoms with van der Waals surface area (Å²) in [5, 5.41) is 19.2. The molecule has 0 radical (unpaired) electrons. The highest BCUT2D eigenvalue weighted by molar-refractivity contribution is 9.09. The van der Waals surface area contributed by atoms with Crippen LogP contribution in [0.15, 0.2) is 0 Å². The Morgan fingerprint density at radius 2 is 2.33 bits per heavy atom. The predicted octanol–water partition coefficient (Wildman–Crippen LogP) is -0.650. The summed E-state index contributed by atoms with van der Waals surface area (Å²) in [6, 6.07) is -0.411. The summed E-state index contributed by atoms with van der Waals surface area (Å²) in [4.78, 5) is 13.1. The zero-order valence-corrected chi connectivity index (χ0v) is 10.2. The lowest BCUT2D eigenvalue weighted by molar-refractivity contribution is -0.182. The van der Waals surface area contributed by atoms with Crippen LogP contribution < -0.4 is 0 Å². The number of hydrogen-bond acceptors (Lipinski definition) is 4. The van der Waals surface area contributed by atoms with E-state index < -0.39 is 18.2 Å². The van der Waals surface area contributed by atoms with Crippen molar-refractivity contribution in [2.75, 3.05) is 25.6 Å². The average molecular weight is 282 g/mol. The van der Waals surface area contributed by atoms with Gasteiger partial charge in [0.05, 0.1) is 12.6 Å². The van der Waals surface area contributed by atoms with Gasteiger partial charge in [-0.3, -0.25) is 4.79 Å². The molecule has 1 fully saturated rings. The van der Waals surface area contributed by atoms with Crippen LogP contribution in [0, 0.1) is 0 Å². The molecule has 1 amide bonds. The monoisotopic (exact) mass is 281 g/mol. The van der Waals surface area contributed by atoms with E-state index in [4.69, 9.17) is 9.84 Å². The van der Waals surface area contributed by atoms with Crippen molar-refractivity contribution in [1.29, 1.82) is 0 Å². The molecule has 0 bridgehead atoms. The van der Waals surface area contributed by atoms with Crippen LogP contribution in [0.2, 0.25) is 0 Å². The number of ether oxygens (including phenoxy) is 1. The van der Waals surface area contributed by atoms with Crippen LogP contribution in [0.5, 0.6) is 0 Å². The van der Waals surface area contributed by atoms with Gasteiger partial charge in [-0.05, 0) is 6.42 Å². The maximum absolute atomic E-state index is 11.5. The number of hydrogen-bond donors (Lipinski definition) is 2. The van der Waals surface area contributed by atoms with Gasteiger partial charge in [-0.15, -0.1) is 0 Å². The van der Waals surface area contributed by atoms with E-state index in [1.807, 2.05) is 0 Å². The van der Waals surface area contributed by atoms with Crippen LogP contribution in [0.25, 0.3) is 0 Å². The van der Waals surface area contributed by atoms with Crippen molar-refractivity contribution >= 4 is 21.8 Å². The Kier molecular flexibility index (Phi) is 4.98. The van der Waals surface area contributed by atoms with E-state index in [2.05, 4.69) is 15.9 Å². The first kappa shape index (κ1) is 12.9. The number of alkyl halides is 1. The summed E-state index contributed by atoms with van der Waals surface area (Å²) in [5.41, 5.74) is 0. The molecule has 0 aromatic rings. The van der Waals surface area contributed by atoms with Gasteiger partial charge in [0.1, 0.15) is 6.10 Å². The largest absolute Gasteiger partial charge is 0.394 e. The molecule has 0 aliphatic carbocycles. The van der Waals surface area contributed by atoms with Gasteiger partial charge in [0.2, 0.25) is 0 Å². The van der Waals surface area contributed by atoms with Crippen molar-refractivity contribution < 1.29 is 19.7 Å². The number of halogens is 1. The molecular weight excluding hydrogens is 266 g/mol. The van der Waals surface area contributed by atoms with Crippen molar-refractivity contribution in [3.8, 4) is 0 Å². The molecule has 1 heterocycles. The van der Waals surface area contributed by atoms with Crippen molar-refractivity contribution in [3.05, 3.63) is 0 Å². The average Bonchev–Trinajstić information content (AvgIpc) is 2.25. The fourth-order valence-corrected chi connectivity index (χ4v) is 2.04. The predicted molar refractivity (Wildman–Crippen MR) is 57.8 cm³/mol. The third-order valence-electron chi connectivity index (χ3n) is 2.56. The van der Waals surface area contributed by atoms with Gasteiger partial charge >= 0.3 is 0 Å². The third-order valence-corrected chi connectivity index (χ3v) is 3.13. The normalized spacial score (nSPS) is 27.7. The molecule has 0 unspecified atom stereocenters. The molecule has 5 nitrogen and oxygen atoms in total. The maximum Gasteiger partial charge on any atom is 0.254 e. The number of aliphatic hydroxyl groups excluding tert-OH is 2. The first-order valence-corrected chi connectivity index (χ1v) is 5.97. The first-order chi connectivity index (χ1) is 7.17. The number of nitrogens with zero attached hydrogens (tertiary/aromatic N) is 1. The minimum Gasteiger partial charge on any atom is -0.394 e. The molecule has 0 aromatic heterocycles. The lowest BCUT2D eigenvalue weighted by Gasteiger charge is -2.47. The van der Waals surface area contributed by atoms with E-state index in [1.165, 1.54) is 7.11 Å². The third kappa shape index (κ3) is 2.50. The van der Waals surface area contributed by atoms with Gasteiger partial charge in [0.25, 0.3) is 5.91 Å². The molecule has 0 spiro atoms. The Hall–Kier alpha value is -0.170. The summed E-state index contributed by atoms with van der Waals surface area (Å²) in [6.07, 6.45) is -0.720. The van der Waals surface area contributed by atoms with Gasteiger partial charge in [0, 0.05) is 19.0 Å². The van der Waals surface area contributed by atoms with Gasteiger partial charge in [-0.2, -0.15) is 0 Å². The molecule has 1 aliphatic heterocycles. The zero-order chi connectivity index (χ0) is 11.4. The first-order valence-electron chi connectivity index (χ1n) is 4.85. The minimum atomic E-state index is -0.928. The van der Waals surface area contributed by atoms with E-state index >= 15 is 0 Å². The second-order valence-corrected chi connectivity index (χ2v) is 4.26. The summed E-state index contributed by atoms with van der Waals surface area (Å²) in [6.45, 7) is 0.217. The van der Waals surface area contributed by atoms with Crippen LogP contribution in [0.3, 0.4) is 0 Å². The molecule has 1 aliphatic rings. The molecule has 1 saturated heterocycles. The molecule has 6 heteroatoms.